The number of carbonyl (C=O) groups excluding carboxylic acids is 1. The summed E-state index contributed by atoms with van der Waals surface area (Å²) in [5, 5.41) is 14.6. The number of carbonyl (C=O) groups is 1. The molecule has 0 aliphatic rings. The summed E-state index contributed by atoms with van der Waals surface area (Å²) in [5.74, 6) is -0.531. The Hall–Kier alpha value is -2.44. The Balaban J connectivity index is 2.83. The molecule has 7 nitrogen and oxygen atoms in total. The highest BCUT2D eigenvalue weighted by Gasteiger charge is 2.11. The molecule has 0 radical (unpaired) electrons. The van der Waals surface area contributed by atoms with Crippen LogP contribution < -0.4 is 5.43 Å². The molecule has 0 spiro atoms. The highest BCUT2D eigenvalue weighted by Crippen LogP contribution is 2.22. The van der Waals surface area contributed by atoms with Crippen LogP contribution >= 0.6 is 0 Å². The highest BCUT2D eigenvalue weighted by molar-refractivity contribution is 6.35. The molecule has 1 aromatic carbocycles. The molecule has 0 fully saturated rings. The molecule has 0 amide bonds. The maximum atomic E-state index is 11.3. The Morgan fingerprint density at radius 3 is 2.79 bits per heavy atom. The number of nitrogens with one attached hydrogen (secondary N) is 1. The minimum atomic E-state index is -0.531. The lowest BCUT2D eigenvalue weighted by Gasteiger charge is -2.04. The summed E-state index contributed by atoms with van der Waals surface area (Å²) >= 11 is 0. The number of hydrogen-bond acceptors (Lipinski definition) is 6. The van der Waals surface area contributed by atoms with Crippen molar-refractivity contribution >= 4 is 23.1 Å². The lowest BCUT2D eigenvalue weighted by atomic mass is 10.2. The van der Waals surface area contributed by atoms with Gasteiger partial charge in [0.15, 0.2) is 0 Å². The quantitative estimate of drug-likeness (QED) is 0.381. The van der Waals surface area contributed by atoms with E-state index in [2.05, 4.69) is 10.5 Å². The number of nitro benzene ring substituents is 1. The van der Waals surface area contributed by atoms with Gasteiger partial charge in [0, 0.05) is 11.6 Å². The summed E-state index contributed by atoms with van der Waals surface area (Å²) in [5.41, 5.74) is 3.72. The second-order valence-corrected chi connectivity index (χ2v) is 3.79. The summed E-state index contributed by atoms with van der Waals surface area (Å²) in [6.45, 7) is 5.10. The van der Waals surface area contributed by atoms with Crippen molar-refractivity contribution in [3.63, 3.8) is 0 Å². The van der Waals surface area contributed by atoms with Gasteiger partial charge >= 0.3 is 5.97 Å². The fourth-order valence-electron chi connectivity index (χ4n) is 1.31. The minimum absolute atomic E-state index is 0.00557. The maximum absolute atomic E-state index is 11.3. The molecule has 0 bridgehead atoms. The van der Waals surface area contributed by atoms with Crippen molar-refractivity contribution in [2.24, 2.45) is 5.10 Å². The molecule has 1 N–H and O–H groups in total. The summed E-state index contributed by atoms with van der Waals surface area (Å²) < 4.78 is 4.76. The Morgan fingerprint density at radius 1 is 1.53 bits per heavy atom. The largest absolute Gasteiger partial charge is 0.461 e. The molecule has 0 heterocycles. The van der Waals surface area contributed by atoms with E-state index in [0.717, 1.165) is 0 Å². The van der Waals surface area contributed by atoms with E-state index in [0.29, 0.717) is 11.3 Å². The zero-order chi connectivity index (χ0) is 14.4. The van der Waals surface area contributed by atoms with E-state index in [4.69, 9.17) is 4.74 Å². The number of esters is 1. The third-order valence-corrected chi connectivity index (χ3v) is 2.33. The van der Waals surface area contributed by atoms with Crippen LogP contribution in [0.2, 0.25) is 0 Å². The van der Waals surface area contributed by atoms with Gasteiger partial charge in [-0.3, -0.25) is 15.5 Å². The van der Waals surface area contributed by atoms with Crippen molar-refractivity contribution < 1.29 is 14.5 Å². The molecule has 19 heavy (non-hydrogen) atoms. The second kappa shape index (κ2) is 6.48. The van der Waals surface area contributed by atoms with Crippen molar-refractivity contribution in [3.05, 3.63) is 33.9 Å². The van der Waals surface area contributed by atoms with E-state index < -0.39 is 10.9 Å². The summed E-state index contributed by atoms with van der Waals surface area (Å²) in [4.78, 5) is 21.6. The van der Waals surface area contributed by atoms with Crippen molar-refractivity contribution in [2.75, 3.05) is 12.0 Å². The van der Waals surface area contributed by atoms with Gasteiger partial charge in [0.25, 0.3) is 5.69 Å². The average molecular weight is 265 g/mol. The number of nitrogens with zero attached hydrogens (tertiary/aromatic N) is 2. The monoisotopic (exact) mass is 265 g/mol. The highest BCUT2D eigenvalue weighted by atomic mass is 16.6. The smallest absolute Gasteiger partial charge is 0.354 e. The third-order valence-electron chi connectivity index (χ3n) is 2.33. The van der Waals surface area contributed by atoms with Crippen LogP contribution in [0.4, 0.5) is 11.4 Å². The minimum Gasteiger partial charge on any atom is -0.461 e. The standard InChI is InChI=1S/C12H15N3O4/c1-4-19-12(16)9(3)13-14-10-6-5-8(2)11(7-10)15(17)18/h5-7,14H,4H2,1-3H3/b13-9+. The van der Waals surface area contributed by atoms with Gasteiger partial charge in [-0.1, -0.05) is 6.07 Å². The van der Waals surface area contributed by atoms with Crippen molar-refractivity contribution in [1.29, 1.82) is 0 Å². The maximum Gasteiger partial charge on any atom is 0.354 e. The molecule has 0 unspecified atom stereocenters. The van der Waals surface area contributed by atoms with Crippen LogP contribution in [0, 0.1) is 17.0 Å². The average Bonchev–Trinajstić information content (AvgIpc) is 2.37. The Morgan fingerprint density at radius 2 is 2.21 bits per heavy atom. The molecule has 102 valence electrons. The molecular formula is C12H15N3O4. The first-order valence-corrected chi connectivity index (χ1v) is 5.68. The van der Waals surface area contributed by atoms with Crippen molar-refractivity contribution in [1.82, 2.24) is 0 Å². The van der Waals surface area contributed by atoms with Gasteiger partial charge in [0.1, 0.15) is 5.71 Å². The molecule has 0 saturated heterocycles. The van der Waals surface area contributed by atoms with Gasteiger partial charge < -0.3 is 4.74 Å². The molecule has 0 aliphatic carbocycles. The number of nitro groups is 1. The van der Waals surface area contributed by atoms with Crippen LogP contribution in [0.5, 0.6) is 0 Å². The number of hydrazone groups is 1. The molecule has 1 aromatic rings. The first-order valence-electron chi connectivity index (χ1n) is 5.68. The number of anilines is 1. The third kappa shape index (κ3) is 4.06. The predicted octanol–water partition coefficient (Wildman–Crippen LogP) is 2.25. The molecule has 1 rings (SSSR count). The molecule has 0 saturated carbocycles. The Bertz CT molecular complexity index is 526. The van der Waals surface area contributed by atoms with Gasteiger partial charge in [-0.05, 0) is 26.8 Å². The molecule has 0 aliphatic heterocycles. The predicted molar refractivity (Wildman–Crippen MR) is 71.2 cm³/mol. The lowest BCUT2D eigenvalue weighted by molar-refractivity contribution is -0.385. The Labute approximate surface area is 110 Å². The number of hydrogen-bond donors (Lipinski definition) is 1. The van der Waals surface area contributed by atoms with E-state index >= 15 is 0 Å². The van der Waals surface area contributed by atoms with Gasteiger partial charge in [0.2, 0.25) is 0 Å². The van der Waals surface area contributed by atoms with Crippen LogP contribution in [0.25, 0.3) is 0 Å². The van der Waals surface area contributed by atoms with Gasteiger partial charge in [-0.15, -0.1) is 0 Å². The summed E-state index contributed by atoms with van der Waals surface area (Å²) in [7, 11) is 0. The van der Waals surface area contributed by atoms with E-state index in [1.165, 1.54) is 13.0 Å². The number of ether oxygens (including phenoxy) is 1. The first-order chi connectivity index (χ1) is 8.95. The van der Waals surface area contributed by atoms with Crippen LogP contribution in [0.3, 0.4) is 0 Å². The van der Waals surface area contributed by atoms with E-state index in [1.807, 2.05) is 0 Å². The van der Waals surface area contributed by atoms with E-state index in [9.17, 15) is 14.9 Å². The zero-order valence-electron chi connectivity index (χ0n) is 11.0. The lowest BCUT2D eigenvalue weighted by Crippen LogP contribution is -2.15. The van der Waals surface area contributed by atoms with Gasteiger partial charge in [0.05, 0.1) is 17.2 Å². The SMILES string of the molecule is CCOC(=O)/C(C)=N/Nc1ccc(C)c([N+](=O)[O-])c1. The zero-order valence-corrected chi connectivity index (χ0v) is 11.0. The van der Waals surface area contributed by atoms with E-state index in [1.54, 1.807) is 26.0 Å². The first kappa shape index (κ1) is 14.6. The van der Waals surface area contributed by atoms with Crippen LogP contribution in [-0.4, -0.2) is 23.2 Å². The van der Waals surface area contributed by atoms with Crippen molar-refractivity contribution in [3.8, 4) is 0 Å². The summed E-state index contributed by atoms with van der Waals surface area (Å²) in [6.07, 6.45) is 0. The van der Waals surface area contributed by atoms with Crippen LogP contribution in [-0.2, 0) is 9.53 Å². The van der Waals surface area contributed by atoms with Crippen molar-refractivity contribution in [2.45, 2.75) is 20.8 Å². The molecule has 7 heteroatoms. The molecule has 0 atom stereocenters. The fraction of sp³-hybridized carbons (Fsp3) is 0.333. The number of rotatable bonds is 5. The van der Waals surface area contributed by atoms with Gasteiger partial charge in [-0.2, -0.15) is 5.10 Å². The van der Waals surface area contributed by atoms with Crippen LogP contribution in [0.1, 0.15) is 19.4 Å². The number of benzene rings is 1. The topological polar surface area (TPSA) is 93.8 Å². The van der Waals surface area contributed by atoms with E-state index in [-0.39, 0.29) is 18.0 Å². The molecule has 0 aromatic heterocycles. The fourth-order valence-corrected chi connectivity index (χ4v) is 1.31. The second-order valence-electron chi connectivity index (χ2n) is 3.79. The molecular weight excluding hydrogens is 250 g/mol. The van der Waals surface area contributed by atoms with Crippen LogP contribution in [0.15, 0.2) is 23.3 Å². The number of aryl methyl sites for hydroxylation is 1. The van der Waals surface area contributed by atoms with Gasteiger partial charge in [-0.25, -0.2) is 4.79 Å². The normalized spacial score (nSPS) is 11.0. The summed E-state index contributed by atoms with van der Waals surface area (Å²) in [6, 6.07) is 4.61. The Kier molecular flexibility index (Phi) is 4.99.